The lowest BCUT2D eigenvalue weighted by atomic mass is 9.79. The molecule has 2 aromatic heterocycles. The number of benzene rings is 3. The molecule has 0 saturated carbocycles. The number of fused-ring (bicyclic) bond motifs is 2. The summed E-state index contributed by atoms with van der Waals surface area (Å²) in [5.41, 5.74) is -1.05. The van der Waals surface area contributed by atoms with Crippen molar-refractivity contribution in [2.75, 3.05) is 38.9 Å². The zero-order valence-electron chi connectivity index (χ0n) is 35.6. The van der Waals surface area contributed by atoms with Crippen LogP contribution in [0.2, 0.25) is 0 Å². The molecule has 1 N–H and O–H groups in total. The standard InChI is InChI=1S/C44H52N7O9P/c1-28(2)51(29(3)4)61(57-24-12-23-45)60-38-37-40(49-25-30(5)39(52)47-42(49)53)58-43(38,26-50(37)41-46-31(6)59-48-41)27-56-44(32-13-10-9-11-14-32,33-15-19-35(54-7)20-16-33)34-17-21-36(55-8)22-18-34/h9-11,13-22,25,28-29,37-38,40H,12,24,26-27H2,1-8H3,(H,47,52,53)/t37-,38+,40-,43-,61?/m1/s1. The van der Waals surface area contributed by atoms with E-state index < -0.39 is 49.4 Å². The second kappa shape index (κ2) is 18.3. The Kier molecular flexibility index (Phi) is 13.1. The molecular formula is C44H52N7O9P. The minimum absolute atomic E-state index is 0.0209. The van der Waals surface area contributed by atoms with Crippen molar-refractivity contribution in [2.45, 2.75) is 89.6 Å². The van der Waals surface area contributed by atoms with Crippen molar-refractivity contribution in [3.8, 4) is 17.6 Å². The van der Waals surface area contributed by atoms with Gasteiger partial charge in [0.25, 0.3) is 20.0 Å². The highest BCUT2D eigenvalue weighted by Crippen LogP contribution is 2.57. The SMILES string of the molecule is COc1ccc(C(OC[C@@]23CN(c4noc(C)n4)[C@@H]([C@H](n4cc(C)c(=O)[nH]c4=O)O2)[C@@H]3OP(OCCC#N)N(C(C)C)C(C)C)(c2ccccc2)c2ccc(OC)cc2)cc1. The second-order valence-electron chi connectivity index (χ2n) is 15.6. The summed E-state index contributed by atoms with van der Waals surface area (Å²) < 4.78 is 48.7. The number of ether oxygens (including phenoxy) is 4. The number of hydrogen-bond acceptors (Lipinski definition) is 14. The summed E-state index contributed by atoms with van der Waals surface area (Å²) in [6, 6.07) is 26.7. The van der Waals surface area contributed by atoms with E-state index in [0.29, 0.717) is 23.0 Å². The molecule has 61 heavy (non-hydrogen) atoms. The second-order valence-corrected chi connectivity index (χ2v) is 17.1. The molecule has 2 aliphatic heterocycles. The topological polar surface area (TPSA) is 179 Å². The van der Waals surface area contributed by atoms with Crippen molar-refractivity contribution in [3.63, 3.8) is 0 Å². The molecule has 3 aromatic carbocycles. The average Bonchev–Trinajstić information content (AvgIpc) is 3.92. The zero-order chi connectivity index (χ0) is 43.5. The molecule has 2 bridgehead atoms. The lowest BCUT2D eigenvalue weighted by Crippen LogP contribution is -2.52. The monoisotopic (exact) mass is 853 g/mol. The third-order valence-corrected chi connectivity index (χ3v) is 13.2. The Morgan fingerprint density at radius 2 is 1.56 bits per heavy atom. The molecule has 4 heterocycles. The van der Waals surface area contributed by atoms with Crippen LogP contribution in [0, 0.1) is 25.2 Å². The van der Waals surface area contributed by atoms with E-state index in [2.05, 4.69) is 53.6 Å². The maximum atomic E-state index is 13.8. The van der Waals surface area contributed by atoms with E-state index in [1.165, 1.54) is 10.8 Å². The van der Waals surface area contributed by atoms with Crippen LogP contribution in [0.15, 0.2) is 99.2 Å². The van der Waals surface area contributed by atoms with Gasteiger partial charge in [0.15, 0.2) is 6.23 Å². The summed E-state index contributed by atoms with van der Waals surface area (Å²) in [4.78, 5) is 35.5. The molecule has 0 aliphatic carbocycles. The molecule has 0 spiro atoms. The molecule has 0 radical (unpaired) electrons. The number of nitriles is 1. The predicted molar refractivity (Wildman–Crippen MR) is 227 cm³/mol. The van der Waals surface area contributed by atoms with Crippen molar-refractivity contribution < 1.29 is 32.5 Å². The van der Waals surface area contributed by atoms with Crippen LogP contribution in [0.4, 0.5) is 5.95 Å². The molecule has 2 aliphatic rings. The van der Waals surface area contributed by atoms with Gasteiger partial charge in [0, 0.05) is 30.8 Å². The smallest absolute Gasteiger partial charge is 0.330 e. The number of morpholine rings is 1. The first-order valence-corrected chi connectivity index (χ1v) is 21.3. The van der Waals surface area contributed by atoms with Crippen molar-refractivity contribution in [1.82, 2.24) is 24.4 Å². The van der Waals surface area contributed by atoms with Crippen molar-refractivity contribution >= 4 is 14.5 Å². The van der Waals surface area contributed by atoms with Crippen LogP contribution in [0.5, 0.6) is 11.5 Å². The number of aromatic nitrogens is 4. The van der Waals surface area contributed by atoms with Gasteiger partial charge in [-0.1, -0.05) is 54.6 Å². The largest absolute Gasteiger partial charge is 0.497 e. The third kappa shape index (κ3) is 8.46. The van der Waals surface area contributed by atoms with Gasteiger partial charge in [0.1, 0.15) is 34.8 Å². The van der Waals surface area contributed by atoms with Gasteiger partial charge in [0.2, 0.25) is 5.89 Å². The Morgan fingerprint density at radius 3 is 2.10 bits per heavy atom. The molecular weight excluding hydrogens is 801 g/mol. The fourth-order valence-corrected chi connectivity index (χ4v) is 10.1. The molecule has 7 rings (SSSR count). The van der Waals surface area contributed by atoms with Crippen LogP contribution in [-0.2, 0) is 24.1 Å². The summed E-state index contributed by atoms with van der Waals surface area (Å²) in [5.74, 6) is 1.94. The normalized spacial score (nSPS) is 20.4. The maximum Gasteiger partial charge on any atom is 0.330 e. The van der Waals surface area contributed by atoms with E-state index in [0.717, 1.165) is 16.7 Å². The van der Waals surface area contributed by atoms with Crippen LogP contribution in [0.1, 0.15) is 68.5 Å². The molecule has 0 amide bonds. The third-order valence-electron chi connectivity index (χ3n) is 11.0. The van der Waals surface area contributed by atoms with Gasteiger partial charge in [-0.25, -0.2) is 9.46 Å². The van der Waals surface area contributed by atoms with E-state index in [1.54, 1.807) is 28.1 Å². The maximum absolute atomic E-state index is 13.8. The number of hydrogen-bond donors (Lipinski definition) is 1. The molecule has 5 atom stereocenters. The van der Waals surface area contributed by atoms with Gasteiger partial charge in [-0.2, -0.15) is 10.2 Å². The lowest BCUT2D eigenvalue weighted by molar-refractivity contribution is -0.157. The summed E-state index contributed by atoms with van der Waals surface area (Å²) in [6.07, 6.45) is -0.276. The van der Waals surface area contributed by atoms with E-state index in [-0.39, 0.29) is 44.2 Å². The predicted octanol–water partition coefficient (Wildman–Crippen LogP) is 6.38. The highest BCUT2D eigenvalue weighted by atomic mass is 31.2. The van der Waals surface area contributed by atoms with Gasteiger partial charge in [-0.05, 0) is 80.7 Å². The van der Waals surface area contributed by atoms with Crippen LogP contribution < -0.4 is 25.6 Å². The van der Waals surface area contributed by atoms with Crippen molar-refractivity contribution in [1.29, 1.82) is 5.26 Å². The van der Waals surface area contributed by atoms with Crippen LogP contribution in [-0.4, -0.2) is 88.2 Å². The number of aromatic amines is 1. The Balaban J connectivity index is 1.44. The minimum Gasteiger partial charge on any atom is -0.497 e. The first-order valence-electron chi connectivity index (χ1n) is 20.2. The fraction of sp³-hybridized carbons (Fsp3) is 0.432. The first-order chi connectivity index (χ1) is 29.3. The average molecular weight is 854 g/mol. The number of nitrogens with zero attached hydrogens (tertiary/aromatic N) is 6. The molecule has 16 nitrogen and oxygen atoms in total. The van der Waals surface area contributed by atoms with Gasteiger partial charge < -0.3 is 37.4 Å². The zero-order valence-corrected chi connectivity index (χ0v) is 36.5. The number of methoxy groups -OCH3 is 2. The Bertz CT molecular complexity index is 2360. The van der Waals surface area contributed by atoms with E-state index >= 15 is 0 Å². The summed E-state index contributed by atoms with van der Waals surface area (Å²) >= 11 is 0. The van der Waals surface area contributed by atoms with E-state index in [4.69, 9.17) is 32.5 Å². The number of aryl methyl sites for hydroxylation is 2. The molecule has 322 valence electrons. The lowest BCUT2D eigenvalue weighted by Gasteiger charge is -2.42. The van der Waals surface area contributed by atoms with Crippen LogP contribution >= 0.6 is 8.53 Å². The number of anilines is 1. The molecule has 2 fully saturated rings. The van der Waals surface area contributed by atoms with Crippen molar-refractivity contribution in [3.05, 3.63) is 134 Å². The molecule has 5 aromatic rings. The number of rotatable bonds is 18. The van der Waals surface area contributed by atoms with Gasteiger partial charge in [-0.3, -0.25) is 14.3 Å². The molecule has 1 unspecified atom stereocenters. The summed E-state index contributed by atoms with van der Waals surface area (Å²) in [6.45, 7) is 11.7. The van der Waals surface area contributed by atoms with Gasteiger partial charge in [-0.15, -0.1) is 0 Å². The van der Waals surface area contributed by atoms with Crippen LogP contribution in [0.3, 0.4) is 0 Å². The minimum atomic E-state index is -1.86. The van der Waals surface area contributed by atoms with E-state index in [1.807, 2.05) is 83.8 Å². The Morgan fingerprint density at radius 1 is 0.951 bits per heavy atom. The summed E-state index contributed by atoms with van der Waals surface area (Å²) in [7, 11) is 1.38. The number of nitrogens with one attached hydrogen (secondary N) is 1. The first kappa shape index (κ1) is 43.7. The quantitative estimate of drug-likeness (QED) is 0.0583. The molecule has 17 heteroatoms. The Hall–Kier alpha value is -5.40. The van der Waals surface area contributed by atoms with Gasteiger partial charge in [0.05, 0.1) is 46.5 Å². The summed E-state index contributed by atoms with van der Waals surface area (Å²) in [5, 5.41) is 13.8. The Labute approximate surface area is 355 Å². The highest BCUT2D eigenvalue weighted by Gasteiger charge is 2.68. The van der Waals surface area contributed by atoms with Gasteiger partial charge >= 0.3 is 5.69 Å². The molecule has 2 saturated heterocycles. The van der Waals surface area contributed by atoms with Crippen LogP contribution in [0.25, 0.3) is 0 Å². The van der Waals surface area contributed by atoms with Crippen molar-refractivity contribution in [2.24, 2.45) is 0 Å². The highest BCUT2D eigenvalue weighted by molar-refractivity contribution is 7.44. The fourth-order valence-electron chi connectivity index (χ4n) is 8.30. The van der Waals surface area contributed by atoms with E-state index in [9.17, 15) is 14.9 Å². The number of H-pyrrole nitrogens is 1.